The summed E-state index contributed by atoms with van der Waals surface area (Å²) in [7, 11) is -3.13. The second-order valence-electron chi connectivity index (χ2n) is 5.81. The van der Waals surface area contributed by atoms with E-state index in [-0.39, 0.29) is 23.6 Å². The second kappa shape index (κ2) is 6.41. The summed E-state index contributed by atoms with van der Waals surface area (Å²) in [6.45, 7) is 3.72. The van der Waals surface area contributed by atoms with Gasteiger partial charge in [0.2, 0.25) is 15.9 Å². The maximum absolute atomic E-state index is 12.3. The van der Waals surface area contributed by atoms with E-state index >= 15 is 0 Å². The first-order valence-electron chi connectivity index (χ1n) is 7.46. The number of nitrogens with two attached hydrogens (primary N) is 1. The molecule has 7 heteroatoms. The van der Waals surface area contributed by atoms with E-state index < -0.39 is 10.0 Å². The van der Waals surface area contributed by atoms with Crippen molar-refractivity contribution in [2.45, 2.75) is 38.6 Å². The highest BCUT2D eigenvalue weighted by Gasteiger charge is 2.34. The highest BCUT2D eigenvalue weighted by molar-refractivity contribution is 7.89. The van der Waals surface area contributed by atoms with Crippen molar-refractivity contribution in [3.63, 3.8) is 0 Å². The zero-order valence-electron chi connectivity index (χ0n) is 12.1. The van der Waals surface area contributed by atoms with E-state index in [1.54, 1.807) is 4.90 Å². The lowest BCUT2D eigenvalue weighted by atomic mass is 10.1. The molecule has 0 radical (unpaired) electrons. The van der Waals surface area contributed by atoms with Crippen LogP contribution < -0.4 is 5.73 Å². The monoisotopic (exact) mass is 303 g/mol. The van der Waals surface area contributed by atoms with Gasteiger partial charge in [-0.2, -0.15) is 4.31 Å². The molecular formula is C13H25N3O3S. The Balaban J connectivity index is 1.86. The molecule has 6 nitrogen and oxygen atoms in total. The molecule has 0 bridgehead atoms. The quantitative estimate of drug-likeness (QED) is 0.792. The Morgan fingerprint density at radius 3 is 2.35 bits per heavy atom. The van der Waals surface area contributed by atoms with Crippen LogP contribution in [0.5, 0.6) is 0 Å². The molecular weight excluding hydrogens is 278 g/mol. The number of nitrogens with zero attached hydrogens (tertiary/aromatic N) is 2. The molecule has 2 fully saturated rings. The van der Waals surface area contributed by atoms with E-state index in [2.05, 4.69) is 0 Å². The normalized spacial score (nSPS) is 28.8. The molecule has 0 spiro atoms. The van der Waals surface area contributed by atoms with Gasteiger partial charge in [0.15, 0.2) is 0 Å². The molecule has 2 N–H and O–H groups in total. The van der Waals surface area contributed by atoms with Gasteiger partial charge in [-0.05, 0) is 25.7 Å². The molecule has 116 valence electrons. The van der Waals surface area contributed by atoms with Crippen LogP contribution in [0.3, 0.4) is 0 Å². The number of rotatable bonds is 4. The van der Waals surface area contributed by atoms with Crippen molar-refractivity contribution < 1.29 is 13.2 Å². The summed E-state index contributed by atoms with van der Waals surface area (Å²) >= 11 is 0. The van der Waals surface area contributed by atoms with Crippen molar-refractivity contribution in [3.8, 4) is 0 Å². The van der Waals surface area contributed by atoms with E-state index in [9.17, 15) is 13.2 Å². The van der Waals surface area contributed by atoms with Gasteiger partial charge in [0.05, 0.1) is 5.75 Å². The largest absolute Gasteiger partial charge is 0.340 e. The van der Waals surface area contributed by atoms with Crippen LogP contribution in [0.2, 0.25) is 0 Å². The minimum Gasteiger partial charge on any atom is -0.340 e. The van der Waals surface area contributed by atoms with Gasteiger partial charge in [0, 0.05) is 38.1 Å². The average molecular weight is 303 g/mol. The van der Waals surface area contributed by atoms with Crippen molar-refractivity contribution in [2.75, 3.05) is 31.9 Å². The van der Waals surface area contributed by atoms with Crippen LogP contribution in [-0.4, -0.2) is 61.5 Å². The number of hydrogen-bond donors (Lipinski definition) is 1. The molecule has 0 aromatic carbocycles. The number of carbonyl (C=O) groups excluding carboxylic acids is 1. The van der Waals surface area contributed by atoms with Crippen LogP contribution in [-0.2, 0) is 14.8 Å². The number of carbonyl (C=O) groups is 1. The zero-order valence-corrected chi connectivity index (χ0v) is 12.9. The van der Waals surface area contributed by atoms with Gasteiger partial charge in [-0.1, -0.05) is 6.92 Å². The maximum Gasteiger partial charge on any atom is 0.225 e. The molecule has 1 saturated carbocycles. The van der Waals surface area contributed by atoms with Crippen LogP contribution >= 0.6 is 0 Å². The molecule has 20 heavy (non-hydrogen) atoms. The van der Waals surface area contributed by atoms with Gasteiger partial charge >= 0.3 is 0 Å². The fourth-order valence-corrected chi connectivity index (χ4v) is 4.57. The molecule has 2 rings (SSSR count). The van der Waals surface area contributed by atoms with Crippen molar-refractivity contribution in [3.05, 3.63) is 0 Å². The van der Waals surface area contributed by atoms with Gasteiger partial charge in [0.25, 0.3) is 0 Å². The first kappa shape index (κ1) is 15.7. The van der Waals surface area contributed by atoms with Crippen LogP contribution in [0, 0.1) is 5.92 Å². The third-order valence-electron chi connectivity index (χ3n) is 4.23. The molecule has 1 aliphatic carbocycles. The number of amides is 1. The van der Waals surface area contributed by atoms with Crippen LogP contribution in [0.15, 0.2) is 0 Å². The maximum atomic E-state index is 12.3. The minimum atomic E-state index is -3.13. The van der Waals surface area contributed by atoms with E-state index in [0.29, 0.717) is 32.6 Å². The van der Waals surface area contributed by atoms with E-state index in [1.807, 2.05) is 6.92 Å². The molecule has 0 aromatic rings. The lowest BCUT2D eigenvalue weighted by molar-refractivity contribution is -0.136. The van der Waals surface area contributed by atoms with Gasteiger partial charge in [-0.25, -0.2) is 8.42 Å². The van der Waals surface area contributed by atoms with Crippen molar-refractivity contribution in [2.24, 2.45) is 11.7 Å². The fourth-order valence-electron chi connectivity index (χ4n) is 3.07. The predicted octanol–water partition coefficient (Wildman–Crippen LogP) is -0.00220. The third kappa shape index (κ3) is 3.51. The Bertz CT molecular complexity index is 444. The fraction of sp³-hybridized carbons (Fsp3) is 0.923. The SMILES string of the molecule is CCCS(=O)(=O)N1CCN(C(=O)C2CCC(N)C2)CC1. The van der Waals surface area contributed by atoms with Crippen LogP contribution in [0.25, 0.3) is 0 Å². The highest BCUT2D eigenvalue weighted by atomic mass is 32.2. The van der Waals surface area contributed by atoms with Gasteiger partial charge in [-0.15, -0.1) is 0 Å². The lowest BCUT2D eigenvalue weighted by Gasteiger charge is -2.35. The average Bonchev–Trinajstić information content (AvgIpc) is 2.85. The minimum absolute atomic E-state index is 0.0452. The van der Waals surface area contributed by atoms with Gasteiger partial charge < -0.3 is 10.6 Å². The van der Waals surface area contributed by atoms with Crippen molar-refractivity contribution in [1.82, 2.24) is 9.21 Å². The van der Waals surface area contributed by atoms with E-state index in [1.165, 1.54) is 4.31 Å². The number of hydrogen-bond acceptors (Lipinski definition) is 4. The Kier molecular flexibility index (Phi) is 5.04. The van der Waals surface area contributed by atoms with E-state index in [0.717, 1.165) is 19.3 Å². The van der Waals surface area contributed by atoms with Crippen LogP contribution in [0.4, 0.5) is 0 Å². The summed E-state index contributed by atoms with van der Waals surface area (Å²) in [6, 6.07) is 0.148. The second-order valence-corrected chi connectivity index (χ2v) is 7.90. The molecule has 1 saturated heterocycles. The van der Waals surface area contributed by atoms with Gasteiger partial charge in [-0.3, -0.25) is 4.79 Å². The standard InChI is InChI=1S/C13H25N3O3S/c1-2-9-20(18,19)16-7-5-15(6-8-16)13(17)11-3-4-12(14)10-11/h11-12H,2-10,14H2,1H3. The van der Waals surface area contributed by atoms with Crippen molar-refractivity contribution in [1.29, 1.82) is 0 Å². The number of sulfonamides is 1. The van der Waals surface area contributed by atoms with Crippen LogP contribution in [0.1, 0.15) is 32.6 Å². The molecule has 0 aromatic heterocycles. The number of piperazine rings is 1. The molecule has 1 aliphatic heterocycles. The molecule has 1 amide bonds. The Morgan fingerprint density at radius 1 is 1.20 bits per heavy atom. The smallest absolute Gasteiger partial charge is 0.225 e. The first-order chi connectivity index (χ1) is 9.44. The van der Waals surface area contributed by atoms with E-state index in [4.69, 9.17) is 5.73 Å². The van der Waals surface area contributed by atoms with Crippen molar-refractivity contribution >= 4 is 15.9 Å². The summed E-state index contributed by atoms with van der Waals surface area (Å²) < 4.78 is 25.4. The topological polar surface area (TPSA) is 83.7 Å². The summed E-state index contributed by atoms with van der Waals surface area (Å²) in [6.07, 6.45) is 3.18. The Morgan fingerprint density at radius 2 is 1.85 bits per heavy atom. The molecule has 1 heterocycles. The molecule has 2 atom stereocenters. The highest BCUT2D eigenvalue weighted by Crippen LogP contribution is 2.26. The molecule has 2 aliphatic rings. The zero-order chi connectivity index (χ0) is 14.8. The molecule has 2 unspecified atom stereocenters. The lowest BCUT2D eigenvalue weighted by Crippen LogP contribution is -2.52. The summed E-state index contributed by atoms with van der Waals surface area (Å²) in [5.74, 6) is 0.396. The summed E-state index contributed by atoms with van der Waals surface area (Å²) in [4.78, 5) is 14.1. The summed E-state index contributed by atoms with van der Waals surface area (Å²) in [5.41, 5.74) is 5.85. The Hall–Kier alpha value is -0.660. The first-order valence-corrected chi connectivity index (χ1v) is 9.07. The van der Waals surface area contributed by atoms with Gasteiger partial charge in [0.1, 0.15) is 0 Å². The summed E-state index contributed by atoms with van der Waals surface area (Å²) in [5, 5.41) is 0. The predicted molar refractivity (Wildman–Crippen MR) is 77.5 cm³/mol. The Labute approximate surface area is 121 Å². The third-order valence-corrected chi connectivity index (χ3v) is 6.30.